The van der Waals surface area contributed by atoms with Crippen LogP contribution in [-0.2, 0) is 0 Å². The lowest BCUT2D eigenvalue weighted by Gasteiger charge is -2.23. The summed E-state index contributed by atoms with van der Waals surface area (Å²) in [5, 5.41) is 2.55. The Balaban J connectivity index is 2.30. The van der Waals surface area contributed by atoms with Crippen LogP contribution in [0.15, 0.2) is 48.5 Å². The summed E-state index contributed by atoms with van der Waals surface area (Å²) >= 11 is 0. The molecule has 2 aromatic carbocycles. The van der Waals surface area contributed by atoms with Crippen molar-refractivity contribution in [3.63, 3.8) is 0 Å². The van der Waals surface area contributed by atoms with Crippen LogP contribution < -0.4 is 10.1 Å². The number of ether oxygens (including phenoxy) is 1. The zero-order valence-electron chi connectivity index (χ0n) is 11.7. The molecule has 0 aliphatic rings. The third kappa shape index (κ3) is 3.68. The smallest absolute Gasteiger partial charge is 0.412 e. The van der Waals surface area contributed by atoms with Gasteiger partial charge in [-0.05, 0) is 36.2 Å². The average molecular weight is 295 g/mol. The minimum absolute atomic E-state index is 0.179. The van der Waals surface area contributed by atoms with Crippen molar-refractivity contribution in [2.45, 2.75) is 19.1 Å². The second kappa shape index (κ2) is 6.08. The summed E-state index contributed by atoms with van der Waals surface area (Å²) in [4.78, 5) is 0. The van der Waals surface area contributed by atoms with Crippen LogP contribution in [0.1, 0.15) is 17.2 Å². The largest absolute Gasteiger partial charge is 0.496 e. The Hall–Kier alpha value is -2.17. The zero-order valence-corrected chi connectivity index (χ0v) is 11.7. The van der Waals surface area contributed by atoms with E-state index in [0.29, 0.717) is 11.4 Å². The molecular formula is C16H16F3NO. The monoisotopic (exact) mass is 295 g/mol. The molecule has 0 aromatic heterocycles. The fourth-order valence-corrected chi connectivity index (χ4v) is 2.13. The van der Waals surface area contributed by atoms with Crippen LogP contribution in [0.4, 0.5) is 18.9 Å². The minimum atomic E-state index is -4.38. The first-order valence-electron chi connectivity index (χ1n) is 6.44. The predicted octanol–water partition coefficient (Wildman–Crippen LogP) is 4.72. The molecule has 0 spiro atoms. The third-order valence-corrected chi connectivity index (χ3v) is 3.17. The number of benzene rings is 2. The average Bonchev–Trinajstić information content (AvgIpc) is 2.44. The number of rotatable bonds is 4. The van der Waals surface area contributed by atoms with Crippen molar-refractivity contribution < 1.29 is 17.9 Å². The molecule has 21 heavy (non-hydrogen) atoms. The summed E-state index contributed by atoms with van der Waals surface area (Å²) in [5.74, 6) is 0.642. The predicted molar refractivity (Wildman–Crippen MR) is 76.6 cm³/mol. The normalized spacial score (nSPS) is 12.8. The van der Waals surface area contributed by atoms with E-state index in [4.69, 9.17) is 4.74 Å². The molecule has 0 aliphatic carbocycles. The van der Waals surface area contributed by atoms with E-state index in [1.165, 1.54) is 19.2 Å². The summed E-state index contributed by atoms with van der Waals surface area (Å²) in [6, 6.07) is 10.9. The van der Waals surface area contributed by atoms with Gasteiger partial charge in [0.2, 0.25) is 0 Å². The maximum atomic E-state index is 13.3. The second-order valence-corrected chi connectivity index (χ2v) is 4.71. The van der Waals surface area contributed by atoms with Gasteiger partial charge >= 0.3 is 6.18 Å². The molecule has 0 fully saturated rings. The van der Waals surface area contributed by atoms with Crippen molar-refractivity contribution in [2.75, 3.05) is 12.4 Å². The highest BCUT2D eigenvalue weighted by Crippen LogP contribution is 2.36. The molecule has 0 heterocycles. The SMILES string of the molecule is COc1ccc(NC(c2ccccc2)C(F)(F)F)cc1C. The summed E-state index contributed by atoms with van der Waals surface area (Å²) < 4.78 is 44.9. The van der Waals surface area contributed by atoms with Crippen molar-refractivity contribution in [1.82, 2.24) is 0 Å². The molecule has 2 nitrogen and oxygen atoms in total. The first-order chi connectivity index (χ1) is 9.91. The van der Waals surface area contributed by atoms with Gasteiger partial charge in [0.05, 0.1) is 7.11 Å². The molecule has 1 unspecified atom stereocenters. The molecule has 0 amide bonds. The highest BCUT2D eigenvalue weighted by Gasteiger charge is 2.40. The van der Waals surface area contributed by atoms with E-state index in [1.807, 2.05) is 0 Å². The molecule has 2 rings (SSSR count). The fraction of sp³-hybridized carbons (Fsp3) is 0.250. The van der Waals surface area contributed by atoms with Gasteiger partial charge in [0.25, 0.3) is 0 Å². The van der Waals surface area contributed by atoms with Crippen LogP contribution >= 0.6 is 0 Å². The topological polar surface area (TPSA) is 21.3 Å². The standard InChI is InChI=1S/C16H16F3NO/c1-11-10-13(8-9-14(11)21-2)20-15(16(17,18)19)12-6-4-3-5-7-12/h3-10,15,20H,1-2H3. The molecule has 1 atom stereocenters. The van der Waals surface area contributed by atoms with Gasteiger partial charge in [-0.1, -0.05) is 30.3 Å². The Kier molecular flexibility index (Phi) is 4.40. The first-order valence-corrected chi connectivity index (χ1v) is 6.44. The van der Waals surface area contributed by atoms with Crippen LogP contribution in [0.2, 0.25) is 0 Å². The van der Waals surface area contributed by atoms with E-state index < -0.39 is 12.2 Å². The number of hydrogen-bond donors (Lipinski definition) is 1. The molecule has 0 saturated carbocycles. The maximum absolute atomic E-state index is 13.3. The van der Waals surface area contributed by atoms with E-state index in [2.05, 4.69) is 5.32 Å². The second-order valence-electron chi connectivity index (χ2n) is 4.71. The van der Waals surface area contributed by atoms with Gasteiger partial charge in [0.15, 0.2) is 0 Å². The van der Waals surface area contributed by atoms with Crippen LogP contribution in [0.25, 0.3) is 0 Å². The van der Waals surface area contributed by atoms with E-state index >= 15 is 0 Å². The van der Waals surface area contributed by atoms with Crippen LogP contribution in [0.3, 0.4) is 0 Å². The quantitative estimate of drug-likeness (QED) is 0.881. The molecule has 0 radical (unpaired) electrons. The van der Waals surface area contributed by atoms with Gasteiger partial charge in [-0.3, -0.25) is 0 Å². The number of anilines is 1. The molecule has 1 N–H and O–H groups in total. The van der Waals surface area contributed by atoms with Crippen molar-refractivity contribution >= 4 is 5.69 Å². The van der Waals surface area contributed by atoms with Crippen molar-refractivity contribution in [3.8, 4) is 5.75 Å². The summed E-state index contributed by atoms with van der Waals surface area (Å²) in [5.41, 5.74) is 1.36. The van der Waals surface area contributed by atoms with Crippen LogP contribution in [0, 0.1) is 6.92 Å². The highest BCUT2D eigenvalue weighted by atomic mass is 19.4. The molecular weight excluding hydrogens is 279 g/mol. The number of halogens is 3. The van der Waals surface area contributed by atoms with Crippen LogP contribution in [-0.4, -0.2) is 13.3 Å². The fourth-order valence-electron chi connectivity index (χ4n) is 2.13. The Morgan fingerprint density at radius 1 is 1.05 bits per heavy atom. The van der Waals surface area contributed by atoms with Gasteiger partial charge < -0.3 is 10.1 Å². The lowest BCUT2D eigenvalue weighted by Crippen LogP contribution is -2.27. The Morgan fingerprint density at radius 2 is 1.71 bits per heavy atom. The molecule has 2 aromatic rings. The number of nitrogens with one attached hydrogen (secondary N) is 1. The summed E-state index contributed by atoms with van der Waals surface area (Å²) in [6.45, 7) is 1.79. The highest BCUT2D eigenvalue weighted by molar-refractivity contribution is 5.52. The maximum Gasteiger partial charge on any atom is 0.412 e. The third-order valence-electron chi connectivity index (χ3n) is 3.17. The summed E-state index contributed by atoms with van der Waals surface area (Å²) in [6.07, 6.45) is -4.38. The minimum Gasteiger partial charge on any atom is -0.496 e. The molecule has 0 bridgehead atoms. The van der Waals surface area contributed by atoms with E-state index in [1.54, 1.807) is 43.3 Å². The van der Waals surface area contributed by atoms with Gasteiger partial charge in [0.1, 0.15) is 11.8 Å². The molecule has 112 valence electrons. The van der Waals surface area contributed by atoms with E-state index in [-0.39, 0.29) is 5.56 Å². The van der Waals surface area contributed by atoms with E-state index in [9.17, 15) is 13.2 Å². The van der Waals surface area contributed by atoms with Gasteiger partial charge in [0, 0.05) is 5.69 Å². The van der Waals surface area contributed by atoms with Gasteiger partial charge in [-0.15, -0.1) is 0 Å². The Bertz CT molecular complexity index is 596. The number of methoxy groups -OCH3 is 1. The molecule has 0 aliphatic heterocycles. The van der Waals surface area contributed by atoms with Crippen molar-refractivity contribution in [1.29, 1.82) is 0 Å². The Labute approximate surface area is 121 Å². The first kappa shape index (κ1) is 15.2. The Morgan fingerprint density at radius 3 is 2.24 bits per heavy atom. The number of alkyl halides is 3. The molecule has 0 saturated heterocycles. The van der Waals surface area contributed by atoms with Gasteiger partial charge in [-0.25, -0.2) is 0 Å². The lowest BCUT2D eigenvalue weighted by molar-refractivity contribution is -0.144. The van der Waals surface area contributed by atoms with Crippen molar-refractivity contribution in [2.24, 2.45) is 0 Å². The van der Waals surface area contributed by atoms with Crippen LogP contribution in [0.5, 0.6) is 5.75 Å². The molecule has 5 heteroatoms. The lowest BCUT2D eigenvalue weighted by atomic mass is 10.1. The van der Waals surface area contributed by atoms with Gasteiger partial charge in [-0.2, -0.15) is 13.2 Å². The van der Waals surface area contributed by atoms with Crippen molar-refractivity contribution in [3.05, 3.63) is 59.7 Å². The zero-order chi connectivity index (χ0) is 15.5. The summed E-state index contributed by atoms with van der Waals surface area (Å²) in [7, 11) is 1.53. The number of hydrogen-bond acceptors (Lipinski definition) is 2. The number of aryl methyl sites for hydroxylation is 1. The van der Waals surface area contributed by atoms with E-state index in [0.717, 1.165) is 5.56 Å².